The van der Waals surface area contributed by atoms with Gasteiger partial charge in [0.05, 0.1) is 18.9 Å². The molecule has 1 aromatic rings. The minimum atomic E-state index is 0.262. The van der Waals surface area contributed by atoms with E-state index in [2.05, 4.69) is 29.5 Å². The molecule has 1 atom stereocenters. The summed E-state index contributed by atoms with van der Waals surface area (Å²) in [4.78, 5) is 4.67. The van der Waals surface area contributed by atoms with Crippen LogP contribution in [0.4, 0.5) is 0 Å². The summed E-state index contributed by atoms with van der Waals surface area (Å²) < 4.78 is 16.6. The van der Waals surface area contributed by atoms with Crippen LogP contribution in [0, 0.1) is 5.92 Å². The van der Waals surface area contributed by atoms with Crippen molar-refractivity contribution >= 4 is 5.96 Å². The van der Waals surface area contributed by atoms with Crippen molar-refractivity contribution in [1.29, 1.82) is 0 Å². The van der Waals surface area contributed by atoms with E-state index in [1.165, 1.54) is 0 Å². The molecule has 0 aliphatic carbocycles. The van der Waals surface area contributed by atoms with Gasteiger partial charge in [0, 0.05) is 39.3 Å². The quantitative estimate of drug-likeness (QED) is 0.364. The molecular weight excluding hydrogens is 318 g/mol. The normalized spacial score (nSPS) is 18.0. The highest BCUT2D eigenvalue weighted by atomic mass is 16.5. The van der Waals surface area contributed by atoms with Crippen molar-refractivity contribution in [1.82, 2.24) is 10.6 Å². The fourth-order valence-corrected chi connectivity index (χ4v) is 2.61. The van der Waals surface area contributed by atoms with Crippen molar-refractivity contribution in [2.24, 2.45) is 10.9 Å². The minimum absolute atomic E-state index is 0.262. The SMILES string of the molecule is CC(C)COCCCNC(=NCC1CCCO1)NCCc1ccco1. The van der Waals surface area contributed by atoms with Gasteiger partial charge < -0.3 is 24.5 Å². The molecule has 2 N–H and O–H groups in total. The summed E-state index contributed by atoms with van der Waals surface area (Å²) in [7, 11) is 0. The van der Waals surface area contributed by atoms with Gasteiger partial charge in [0.1, 0.15) is 5.76 Å². The molecule has 6 nitrogen and oxygen atoms in total. The van der Waals surface area contributed by atoms with Gasteiger partial charge in [-0.3, -0.25) is 4.99 Å². The molecule has 2 rings (SSSR count). The van der Waals surface area contributed by atoms with E-state index in [0.717, 1.165) is 70.3 Å². The van der Waals surface area contributed by atoms with Gasteiger partial charge in [-0.15, -0.1) is 0 Å². The number of hydrogen-bond acceptors (Lipinski definition) is 4. The molecule has 0 amide bonds. The van der Waals surface area contributed by atoms with Crippen molar-refractivity contribution in [2.75, 3.05) is 39.5 Å². The van der Waals surface area contributed by atoms with Crippen LogP contribution in [0.15, 0.2) is 27.8 Å². The fraction of sp³-hybridized carbons (Fsp3) is 0.737. The van der Waals surface area contributed by atoms with Crippen LogP contribution in [-0.4, -0.2) is 51.5 Å². The van der Waals surface area contributed by atoms with Gasteiger partial charge in [0.25, 0.3) is 0 Å². The molecule has 2 heterocycles. The van der Waals surface area contributed by atoms with Gasteiger partial charge in [-0.1, -0.05) is 13.8 Å². The Morgan fingerprint density at radius 1 is 1.36 bits per heavy atom. The molecule has 0 aromatic carbocycles. The average Bonchev–Trinajstić information content (AvgIpc) is 3.28. The van der Waals surface area contributed by atoms with Gasteiger partial charge >= 0.3 is 0 Å². The first-order chi connectivity index (χ1) is 12.2. The molecule has 1 aliphatic heterocycles. The lowest BCUT2D eigenvalue weighted by Crippen LogP contribution is -2.39. The minimum Gasteiger partial charge on any atom is -0.469 e. The summed E-state index contributed by atoms with van der Waals surface area (Å²) in [5, 5.41) is 6.76. The molecule has 0 saturated carbocycles. The lowest BCUT2D eigenvalue weighted by molar-refractivity contribution is 0.108. The number of nitrogens with zero attached hydrogens (tertiary/aromatic N) is 1. The van der Waals surface area contributed by atoms with Gasteiger partial charge in [-0.2, -0.15) is 0 Å². The van der Waals surface area contributed by atoms with Crippen LogP contribution >= 0.6 is 0 Å². The molecule has 142 valence electrons. The monoisotopic (exact) mass is 351 g/mol. The highest BCUT2D eigenvalue weighted by Gasteiger charge is 2.14. The van der Waals surface area contributed by atoms with Crippen LogP contribution in [0.1, 0.15) is 38.9 Å². The van der Waals surface area contributed by atoms with Crippen LogP contribution in [0.3, 0.4) is 0 Å². The molecule has 1 aliphatic rings. The number of aliphatic imine (C=N–C) groups is 1. The zero-order chi connectivity index (χ0) is 17.7. The Labute approximate surface area is 151 Å². The molecular formula is C19H33N3O3. The van der Waals surface area contributed by atoms with E-state index in [9.17, 15) is 0 Å². The highest BCUT2D eigenvalue weighted by molar-refractivity contribution is 5.79. The highest BCUT2D eigenvalue weighted by Crippen LogP contribution is 2.11. The fourth-order valence-electron chi connectivity index (χ4n) is 2.61. The Morgan fingerprint density at radius 3 is 2.96 bits per heavy atom. The van der Waals surface area contributed by atoms with E-state index in [0.29, 0.717) is 12.5 Å². The number of guanidine groups is 1. The summed E-state index contributed by atoms with van der Waals surface area (Å²) in [6.45, 7) is 9.12. The second kappa shape index (κ2) is 11.9. The predicted octanol–water partition coefficient (Wildman–Crippen LogP) is 2.60. The topological polar surface area (TPSA) is 68.0 Å². The second-order valence-electron chi connectivity index (χ2n) is 6.83. The maximum Gasteiger partial charge on any atom is 0.191 e. The Bertz CT molecular complexity index is 468. The van der Waals surface area contributed by atoms with Crippen molar-refractivity contribution in [3.05, 3.63) is 24.2 Å². The van der Waals surface area contributed by atoms with Crippen LogP contribution in [0.2, 0.25) is 0 Å². The van der Waals surface area contributed by atoms with E-state index >= 15 is 0 Å². The van der Waals surface area contributed by atoms with Gasteiger partial charge in [0.2, 0.25) is 0 Å². The van der Waals surface area contributed by atoms with Crippen molar-refractivity contribution < 1.29 is 13.9 Å². The second-order valence-corrected chi connectivity index (χ2v) is 6.83. The third-order valence-corrected chi connectivity index (χ3v) is 3.93. The zero-order valence-electron chi connectivity index (χ0n) is 15.6. The van der Waals surface area contributed by atoms with E-state index in [1.54, 1.807) is 6.26 Å². The predicted molar refractivity (Wildman–Crippen MR) is 100.0 cm³/mol. The number of ether oxygens (including phenoxy) is 2. The molecule has 0 bridgehead atoms. The summed E-state index contributed by atoms with van der Waals surface area (Å²) in [6, 6.07) is 3.90. The Hall–Kier alpha value is -1.53. The lowest BCUT2D eigenvalue weighted by Gasteiger charge is -2.14. The summed E-state index contributed by atoms with van der Waals surface area (Å²) in [6.07, 6.45) is 6.01. The van der Waals surface area contributed by atoms with Gasteiger partial charge in [-0.25, -0.2) is 0 Å². The average molecular weight is 351 g/mol. The molecule has 0 radical (unpaired) electrons. The number of hydrogen-bond donors (Lipinski definition) is 2. The molecule has 1 saturated heterocycles. The smallest absolute Gasteiger partial charge is 0.191 e. The Morgan fingerprint density at radius 2 is 2.24 bits per heavy atom. The molecule has 1 aromatic heterocycles. The third-order valence-electron chi connectivity index (χ3n) is 3.93. The van der Waals surface area contributed by atoms with Crippen LogP contribution in [-0.2, 0) is 15.9 Å². The molecule has 25 heavy (non-hydrogen) atoms. The first-order valence-electron chi connectivity index (χ1n) is 9.48. The number of nitrogens with one attached hydrogen (secondary N) is 2. The first-order valence-corrected chi connectivity index (χ1v) is 9.48. The van der Waals surface area contributed by atoms with Crippen molar-refractivity contribution in [3.63, 3.8) is 0 Å². The molecule has 6 heteroatoms. The van der Waals surface area contributed by atoms with E-state index in [-0.39, 0.29) is 6.10 Å². The molecule has 0 spiro atoms. The first kappa shape index (κ1) is 19.8. The molecule has 1 fully saturated rings. The zero-order valence-corrected chi connectivity index (χ0v) is 15.6. The standard InChI is InChI=1S/C19H33N3O3/c1-16(2)15-23-11-5-9-20-19(22-14-18-7-4-13-25-18)21-10-8-17-6-3-12-24-17/h3,6,12,16,18H,4-5,7-11,13-15H2,1-2H3,(H2,20,21,22). The van der Waals surface area contributed by atoms with E-state index in [1.807, 2.05) is 12.1 Å². The largest absolute Gasteiger partial charge is 0.469 e. The maximum absolute atomic E-state index is 5.65. The summed E-state index contributed by atoms with van der Waals surface area (Å²) in [5.41, 5.74) is 0. The van der Waals surface area contributed by atoms with Gasteiger partial charge in [0.15, 0.2) is 5.96 Å². The Balaban J connectivity index is 1.67. The third kappa shape index (κ3) is 8.93. The number of furan rings is 1. The van der Waals surface area contributed by atoms with Crippen molar-refractivity contribution in [3.8, 4) is 0 Å². The van der Waals surface area contributed by atoms with E-state index in [4.69, 9.17) is 13.9 Å². The van der Waals surface area contributed by atoms with Crippen LogP contribution in [0.25, 0.3) is 0 Å². The summed E-state index contributed by atoms with van der Waals surface area (Å²) in [5.74, 6) is 2.40. The Kier molecular flexibility index (Phi) is 9.44. The molecule has 1 unspecified atom stereocenters. The van der Waals surface area contributed by atoms with E-state index < -0.39 is 0 Å². The van der Waals surface area contributed by atoms with Gasteiger partial charge in [-0.05, 0) is 37.3 Å². The lowest BCUT2D eigenvalue weighted by atomic mass is 10.2. The number of rotatable bonds is 11. The van der Waals surface area contributed by atoms with Crippen LogP contribution in [0.5, 0.6) is 0 Å². The van der Waals surface area contributed by atoms with Crippen molar-refractivity contribution in [2.45, 2.75) is 45.6 Å². The maximum atomic E-state index is 5.65. The van der Waals surface area contributed by atoms with Crippen LogP contribution < -0.4 is 10.6 Å². The summed E-state index contributed by atoms with van der Waals surface area (Å²) >= 11 is 0.